The first-order valence-electron chi connectivity index (χ1n) is 11.6. The van der Waals surface area contributed by atoms with Gasteiger partial charge in [0.15, 0.2) is 11.5 Å². The first-order chi connectivity index (χ1) is 15.4. The van der Waals surface area contributed by atoms with E-state index >= 15 is 0 Å². The fourth-order valence-corrected chi connectivity index (χ4v) is 2.20. The lowest BCUT2D eigenvalue weighted by atomic mass is 10.2. The number of hydrogen-bond acceptors (Lipinski definition) is 3. The van der Waals surface area contributed by atoms with Crippen molar-refractivity contribution in [1.82, 2.24) is 4.98 Å². The lowest BCUT2D eigenvalue weighted by Crippen LogP contribution is -1.90. The molecule has 0 radical (unpaired) electrons. The molecule has 3 heteroatoms. The number of rotatable bonds is 5. The van der Waals surface area contributed by atoms with Crippen LogP contribution in [0, 0.1) is 13.8 Å². The number of oxazole rings is 1. The van der Waals surface area contributed by atoms with Crippen molar-refractivity contribution in [2.24, 2.45) is 0 Å². The standard InChI is InChI=1S/C10H12O.C8H7NO.C5H12.C4H10.C2H4/c1-8(2)11-10-7-5-4-6-9(10)3;1-6-9-7-4-2-3-5-8(7)10-6;1-3-5-4-2;1-3-4-2;1-2/h4-7H,1H2,2-3H3;2-5H,1H3;3-5H2,1-2H3;3-4H2,1-2H3;1-2H2. The largest absolute Gasteiger partial charge is 0.462 e. The molecular weight excluding hydrogens is 394 g/mol. The number of fused-ring (bicyclic) bond motifs is 1. The van der Waals surface area contributed by atoms with E-state index in [0.717, 1.165) is 34.1 Å². The third kappa shape index (κ3) is 16.0. The van der Waals surface area contributed by atoms with Gasteiger partial charge >= 0.3 is 0 Å². The molecule has 1 heterocycles. The van der Waals surface area contributed by atoms with E-state index in [0.29, 0.717) is 0 Å². The quantitative estimate of drug-likeness (QED) is 0.293. The minimum atomic E-state index is 0.722. The molecule has 32 heavy (non-hydrogen) atoms. The number of ether oxygens (including phenoxy) is 1. The third-order valence-corrected chi connectivity index (χ3v) is 3.99. The molecule has 0 N–H and O–H groups in total. The summed E-state index contributed by atoms with van der Waals surface area (Å²) >= 11 is 0. The van der Waals surface area contributed by atoms with Crippen LogP contribution in [0.4, 0.5) is 0 Å². The molecule has 0 unspecified atom stereocenters. The highest BCUT2D eigenvalue weighted by atomic mass is 16.5. The molecule has 0 saturated carbocycles. The Bertz CT molecular complexity index is 799. The molecule has 0 bridgehead atoms. The summed E-state index contributed by atoms with van der Waals surface area (Å²) in [5.41, 5.74) is 2.93. The van der Waals surface area contributed by atoms with Crippen LogP contribution in [0.3, 0.4) is 0 Å². The maximum Gasteiger partial charge on any atom is 0.192 e. The van der Waals surface area contributed by atoms with E-state index in [1.54, 1.807) is 0 Å². The van der Waals surface area contributed by atoms with Gasteiger partial charge in [-0.15, -0.1) is 13.2 Å². The van der Waals surface area contributed by atoms with Gasteiger partial charge in [-0.1, -0.05) is 96.7 Å². The average molecular weight is 440 g/mol. The summed E-state index contributed by atoms with van der Waals surface area (Å²) in [5, 5.41) is 0. The van der Waals surface area contributed by atoms with Crippen LogP contribution in [0.1, 0.15) is 78.2 Å². The van der Waals surface area contributed by atoms with E-state index in [1.807, 2.05) is 69.3 Å². The molecule has 0 aliphatic rings. The fraction of sp³-hybridized carbons (Fsp3) is 0.414. The second-order valence-corrected chi connectivity index (χ2v) is 7.12. The predicted octanol–water partition coefficient (Wildman–Crippen LogP) is 9.85. The summed E-state index contributed by atoms with van der Waals surface area (Å²) in [5.74, 6) is 2.33. The molecule has 0 atom stereocenters. The van der Waals surface area contributed by atoms with Gasteiger partial charge in [-0.2, -0.15) is 0 Å². The van der Waals surface area contributed by atoms with Crippen LogP contribution in [0.5, 0.6) is 5.75 Å². The van der Waals surface area contributed by atoms with Gasteiger partial charge < -0.3 is 9.15 Å². The van der Waals surface area contributed by atoms with E-state index in [4.69, 9.17) is 9.15 Å². The summed E-state index contributed by atoms with van der Waals surface area (Å²) in [6.45, 7) is 24.2. The Kier molecular flexibility index (Phi) is 21.0. The number of aromatic nitrogens is 1. The van der Waals surface area contributed by atoms with Crippen LogP contribution >= 0.6 is 0 Å². The molecule has 0 spiro atoms. The van der Waals surface area contributed by atoms with Crippen molar-refractivity contribution in [3.8, 4) is 5.75 Å². The lowest BCUT2D eigenvalue weighted by Gasteiger charge is -2.06. The zero-order valence-corrected chi connectivity index (χ0v) is 21.5. The number of hydrogen-bond donors (Lipinski definition) is 0. The van der Waals surface area contributed by atoms with Crippen molar-refractivity contribution < 1.29 is 9.15 Å². The number of benzene rings is 2. The van der Waals surface area contributed by atoms with Gasteiger partial charge in [0, 0.05) is 6.92 Å². The number of para-hydroxylation sites is 3. The zero-order chi connectivity index (χ0) is 24.8. The molecule has 3 aromatic rings. The Morgan fingerprint density at radius 1 is 0.844 bits per heavy atom. The van der Waals surface area contributed by atoms with Crippen LogP contribution in [0.2, 0.25) is 0 Å². The van der Waals surface area contributed by atoms with Crippen molar-refractivity contribution >= 4 is 11.1 Å². The van der Waals surface area contributed by atoms with Crippen LogP contribution in [0.15, 0.2) is 78.4 Å². The maximum absolute atomic E-state index is 5.35. The molecular formula is C29H45NO2. The van der Waals surface area contributed by atoms with E-state index in [-0.39, 0.29) is 0 Å². The van der Waals surface area contributed by atoms with E-state index in [9.17, 15) is 0 Å². The second-order valence-electron chi connectivity index (χ2n) is 7.12. The average Bonchev–Trinajstić information content (AvgIpc) is 3.18. The zero-order valence-electron chi connectivity index (χ0n) is 21.5. The number of nitrogens with zero attached hydrogens (tertiary/aromatic N) is 1. The smallest absolute Gasteiger partial charge is 0.192 e. The first-order valence-corrected chi connectivity index (χ1v) is 11.6. The molecule has 3 rings (SSSR count). The molecule has 2 aromatic carbocycles. The topological polar surface area (TPSA) is 35.3 Å². The van der Waals surface area contributed by atoms with Gasteiger partial charge in [0.05, 0.1) is 5.76 Å². The SMILES string of the molecule is C=C.C=C(C)Oc1ccccc1C.CCCC.CCCCC.Cc1nc2ccccc2o1. The van der Waals surface area contributed by atoms with Gasteiger partial charge in [-0.25, -0.2) is 4.98 Å². The van der Waals surface area contributed by atoms with Gasteiger partial charge in [-0.05, 0) is 37.6 Å². The summed E-state index contributed by atoms with van der Waals surface area (Å²) in [7, 11) is 0. The highest BCUT2D eigenvalue weighted by molar-refractivity contribution is 5.71. The minimum absolute atomic E-state index is 0.722. The Labute approximate surface area is 197 Å². The first kappa shape index (κ1) is 31.4. The van der Waals surface area contributed by atoms with E-state index < -0.39 is 0 Å². The van der Waals surface area contributed by atoms with E-state index in [1.165, 1.54) is 32.1 Å². The van der Waals surface area contributed by atoms with Crippen molar-refractivity contribution in [3.63, 3.8) is 0 Å². The van der Waals surface area contributed by atoms with Crippen molar-refractivity contribution in [2.45, 2.75) is 80.6 Å². The van der Waals surface area contributed by atoms with Gasteiger partial charge in [0.2, 0.25) is 0 Å². The predicted molar refractivity (Wildman–Crippen MR) is 142 cm³/mol. The summed E-state index contributed by atoms with van der Waals surface area (Å²) < 4.78 is 10.6. The summed E-state index contributed by atoms with van der Waals surface area (Å²) in [6.07, 6.45) is 6.72. The fourth-order valence-electron chi connectivity index (χ4n) is 2.20. The molecule has 0 fully saturated rings. The molecule has 178 valence electrons. The lowest BCUT2D eigenvalue weighted by molar-refractivity contribution is 0.427. The van der Waals surface area contributed by atoms with E-state index in [2.05, 4.69) is 52.4 Å². The molecule has 3 nitrogen and oxygen atoms in total. The Hall–Kier alpha value is -2.81. The Morgan fingerprint density at radius 3 is 1.81 bits per heavy atom. The minimum Gasteiger partial charge on any atom is -0.462 e. The van der Waals surface area contributed by atoms with Crippen molar-refractivity contribution in [1.29, 1.82) is 0 Å². The highest BCUT2D eigenvalue weighted by Crippen LogP contribution is 2.17. The highest BCUT2D eigenvalue weighted by Gasteiger charge is 1.97. The molecule has 1 aromatic heterocycles. The summed E-state index contributed by atoms with van der Waals surface area (Å²) in [6, 6.07) is 15.6. The molecule has 0 aliphatic heterocycles. The van der Waals surface area contributed by atoms with Crippen LogP contribution < -0.4 is 4.74 Å². The maximum atomic E-state index is 5.35. The van der Waals surface area contributed by atoms with Crippen LogP contribution in [-0.2, 0) is 0 Å². The molecule has 0 saturated heterocycles. The Morgan fingerprint density at radius 2 is 1.38 bits per heavy atom. The number of unbranched alkanes of at least 4 members (excludes halogenated alkanes) is 3. The van der Waals surface area contributed by atoms with Gasteiger partial charge in [-0.3, -0.25) is 0 Å². The number of aryl methyl sites for hydroxylation is 2. The monoisotopic (exact) mass is 439 g/mol. The number of allylic oxidation sites excluding steroid dienone is 1. The van der Waals surface area contributed by atoms with Crippen molar-refractivity contribution in [2.75, 3.05) is 0 Å². The normalized spacial score (nSPS) is 8.84. The van der Waals surface area contributed by atoms with Gasteiger partial charge in [0.1, 0.15) is 11.3 Å². The Balaban J connectivity index is 0. The van der Waals surface area contributed by atoms with Crippen LogP contribution in [-0.4, -0.2) is 4.98 Å². The summed E-state index contributed by atoms with van der Waals surface area (Å²) in [4.78, 5) is 4.15. The third-order valence-electron chi connectivity index (χ3n) is 3.99. The van der Waals surface area contributed by atoms with Crippen LogP contribution in [0.25, 0.3) is 11.1 Å². The molecule has 0 aliphatic carbocycles. The van der Waals surface area contributed by atoms with Gasteiger partial charge in [0.25, 0.3) is 0 Å². The van der Waals surface area contributed by atoms with Crippen molar-refractivity contribution in [3.05, 3.63) is 85.5 Å². The molecule has 0 amide bonds. The second kappa shape index (κ2) is 21.4.